The molecule has 0 saturated heterocycles. The first-order valence-corrected chi connectivity index (χ1v) is 6.09. The third kappa shape index (κ3) is 5.03. The molecule has 0 spiro atoms. The number of halogens is 3. The van der Waals surface area contributed by atoms with Gasteiger partial charge in [0.05, 0.1) is 13.7 Å². The number of alkyl halides is 3. The first-order valence-electron chi connectivity index (χ1n) is 6.09. The van der Waals surface area contributed by atoms with Crippen LogP contribution in [-0.2, 0) is 6.54 Å². The van der Waals surface area contributed by atoms with E-state index in [1.54, 1.807) is 6.92 Å². The minimum atomic E-state index is -4.28. The molecule has 8 heteroatoms. The highest BCUT2D eigenvalue weighted by atomic mass is 19.4. The van der Waals surface area contributed by atoms with Gasteiger partial charge in [-0.15, -0.1) is 0 Å². The highest BCUT2D eigenvalue weighted by Crippen LogP contribution is 2.22. The molecule has 0 saturated carbocycles. The van der Waals surface area contributed by atoms with E-state index in [0.29, 0.717) is 11.3 Å². The Morgan fingerprint density at radius 2 is 1.95 bits per heavy atom. The number of hydrogen-bond acceptors (Lipinski definition) is 4. The molecule has 0 amide bonds. The van der Waals surface area contributed by atoms with Gasteiger partial charge in [0.2, 0.25) is 0 Å². The molecule has 0 heterocycles. The summed E-state index contributed by atoms with van der Waals surface area (Å²) in [6, 6.07) is 4.39. The van der Waals surface area contributed by atoms with Crippen LogP contribution in [0.15, 0.2) is 18.2 Å². The summed E-state index contributed by atoms with van der Waals surface area (Å²) in [7, 11) is -0.258. The predicted molar refractivity (Wildman–Crippen MR) is 69.8 cm³/mol. The average molecular weight is 291 g/mol. The van der Waals surface area contributed by atoms with Crippen LogP contribution in [0.1, 0.15) is 12.5 Å². The van der Waals surface area contributed by atoms with Gasteiger partial charge in [-0.25, -0.2) is 0 Å². The van der Waals surface area contributed by atoms with E-state index in [1.807, 2.05) is 0 Å². The van der Waals surface area contributed by atoms with Gasteiger partial charge in [0.25, 0.3) is 0 Å². The van der Waals surface area contributed by atoms with Gasteiger partial charge < -0.3 is 14.8 Å². The largest absolute Gasteiger partial charge is 0.496 e. The number of nitrogens with zero attached hydrogens (tertiary/aromatic N) is 1. The van der Waals surface area contributed by atoms with Crippen LogP contribution < -0.4 is 10.2 Å². The van der Waals surface area contributed by atoms with Crippen LogP contribution in [0.25, 0.3) is 0 Å². The van der Waals surface area contributed by atoms with Crippen LogP contribution >= 0.6 is 0 Å². The van der Waals surface area contributed by atoms with E-state index >= 15 is 0 Å². The Bertz CT molecular complexity index is 440. The Morgan fingerprint density at radius 3 is 2.40 bits per heavy atom. The highest BCUT2D eigenvalue weighted by Gasteiger charge is 2.30. The minimum Gasteiger partial charge on any atom is -0.496 e. The molecular formula is C12H17BF3NO3. The van der Waals surface area contributed by atoms with E-state index in [2.05, 4.69) is 0 Å². The van der Waals surface area contributed by atoms with E-state index in [1.165, 1.54) is 30.2 Å². The van der Waals surface area contributed by atoms with Crippen molar-refractivity contribution < 1.29 is 28.0 Å². The maximum Gasteiger partial charge on any atom is 0.488 e. The summed E-state index contributed by atoms with van der Waals surface area (Å²) < 4.78 is 42.4. The van der Waals surface area contributed by atoms with Crippen molar-refractivity contribution >= 4 is 12.6 Å². The standard InChI is InChI=1S/C12H17BF3NO3/c1-3-17(8-12(14,15)16)7-9-6-10(13(18)19)4-5-11(9)20-2/h4-6,18-19H,3,7-8H2,1-2H3. The minimum absolute atomic E-state index is 0.0136. The zero-order chi connectivity index (χ0) is 15.3. The lowest BCUT2D eigenvalue weighted by Gasteiger charge is -2.23. The van der Waals surface area contributed by atoms with Crippen LogP contribution in [-0.4, -0.2) is 48.4 Å². The molecule has 0 atom stereocenters. The molecule has 20 heavy (non-hydrogen) atoms. The molecule has 0 fully saturated rings. The Kier molecular flexibility index (Phi) is 5.85. The molecule has 2 N–H and O–H groups in total. The van der Waals surface area contributed by atoms with Crippen molar-refractivity contribution in [2.24, 2.45) is 0 Å². The van der Waals surface area contributed by atoms with Crippen molar-refractivity contribution in [1.82, 2.24) is 4.90 Å². The second kappa shape index (κ2) is 6.96. The summed E-state index contributed by atoms with van der Waals surface area (Å²) in [5.74, 6) is 0.412. The fourth-order valence-electron chi connectivity index (χ4n) is 1.86. The predicted octanol–water partition coefficient (Wildman–Crippen LogP) is 0.759. The van der Waals surface area contributed by atoms with Crippen molar-refractivity contribution in [3.05, 3.63) is 23.8 Å². The Balaban J connectivity index is 2.95. The first kappa shape index (κ1) is 16.8. The zero-order valence-electron chi connectivity index (χ0n) is 11.3. The molecule has 0 unspecified atom stereocenters. The molecule has 0 radical (unpaired) electrons. The van der Waals surface area contributed by atoms with E-state index in [4.69, 9.17) is 14.8 Å². The van der Waals surface area contributed by atoms with Gasteiger partial charge in [0.15, 0.2) is 0 Å². The second-order valence-corrected chi connectivity index (χ2v) is 4.36. The average Bonchev–Trinajstić information content (AvgIpc) is 2.36. The zero-order valence-corrected chi connectivity index (χ0v) is 11.3. The van der Waals surface area contributed by atoms with Gasteiger partial charge in [-0.1, -0.05) is 19.1 Å². The Morgan fingerprint density at radius 1 is 1.30 bits per heavy atom. The van der Waals surface area contributed by atoms with Crippen LogP contribution in [0.5, 0.6) is 5.75 Å². The molecule has 0 aliphatic carbocycles. The number of hydrogen-bond donors (Lipinski definition) is 2. The summed E-state index contributed by atoms with van der Waals surface area (Å²) in [5, 5.41) is 18.2. The van der Waals surface area contributed by atoms with Crippen LogP contribution in [0.2, 0.25) is 0 Å². The third-order valence-corrected chi connectivity index (χ3v) is 2.85. The van der Waals surface area contributed by atoms with E-state index < -0.39 is 19.8 Å². The highest BCUT2D eigenvalue weighted by molar-refractivity contribution is 6.58. The van der Waals surface area contributed by atoms with Crippen molar-refractivity contribution in [2.45, 2.75) is 19.6 Å². The molecule has 1 aromatic rings. The Labute approximate surface area is 115 Å². The SMILES string of the molecule is CCN(Cc1cc(B(O)O)ccc1OC)CC(F)(F)F. The summed E-state index contributed by atoms with van der Waals surface area (Å²) >= 11 is 0. The fraction of sp³-hybridized carbons (Fsp3) is 0.500. The van der Waals surface area contributed by atoms with E-state index in [0.717, 1.165) is 0 Å². The summed E-state index contributed by atoms with van der Waals surface area (Å²) in [4.78, 5) is 1.20. The van der Waals surface area contributed by atoms with Crippen LogP contribution in [0, 0.1) is 0 Å². The topological polar surface area (TPSA) is 52.9 Å². The smallest absolute Gasteiger partial charge is 0.488 e. The van der Waals surface area contributed by atoms with Gasteiger partial charge in [-0.2, -0.15) is 13.2 Å². The summed E-state index contributed by atoms with van der Waals surface area (Å²) in [5.41, 5.74) is 0.688. The lowest BCUT2D eigenvalue weighted by molar-refractivity contribution is -0.146. The Hall–Kier alpha value is -1.25. The van der Waals surface area contributed by atoms with Gasteiger partial charge in [-0.05, 0) is 18.1 Å². The number of rotatable bonds is 6. The van der Waals surface area contributed by atoms with Crippen LogP contribution in [0.4, 0.5) is 13.2 Å². The van der Waals surface area contributed by atoms with Crippen molar-refractivity contribution in [2.75, 3.05) is 20.2 Å². The fourth-order valence-corrected chi connectivity index (χ4v) is 1.86. The van der Waals surface area contributed by atoms with Gasteiger partial charge in [0, 0.05) is 12.1 Å². The maximum absolute atomic E-state index is 12.4. The summed E-state index contributed by atoms with van der Waals surface area (Å²) in [6.45, 7) is 0.829. The maximum atomic E-state index is 12.4. The number of ether oxygens (including phenoxy) is 1. The van der Waals surface area contributed by atoms with Gasteiger partial charge in [0.1, 0.15) is 5.75 Å². The third-order valence-electron chi connectivity index (χ3n) is 2.85. The molecular weight excluding hydrogens is 274 g/mol. The molecule has 0 aliphatic rings. The monoisotopic (exact) mass is 291 g/mol. The first-order chi connectivity index (χ1) is 9.26. The molecule has 112 valence electrons. The number of methoxy groups -OCH3 is 1. The normalized spacial score (nSPS) is 11.8. The molecule has 4 nitrogen and oxygen atoms in total. The molecule has 1 aromatic carbocycles. The van der Waals surface area contributed by atoms with Crippen molar-refractivity contribution in [3.8, 4) is 5.75 Å². The van der Waals surface area contributed by atoms with E-state index in [9.17, 15) is 13.2 Å². The second-order valence-electron chi connectivity index (χ2n) is 4.36. The quantitative estimate of drug-likeness (QED) is 0.760. The number of benzene rings is 1. The van der Waals surface area contributed by atoms with Crippen molar-refractivity contribution in [3.63, 3.8) is 0 Å². The van der Waals surface area contributed by atoms with Gasteiger partial charge >= 0.3 is 13.3 Å². The lowest BCUT2D eigenvalue weighted by atomic mass is 9.79. The summed E-state index contributed by atoms with van der Waals surface area (Å²) in [6.07, 6.45) is -4.28. The van der Waals surface area contributed by atoms with Gasteiger partial charge in [-0.3, -0.25) is 4.90 Å². The molecule has 0 aliphatic heterocycles. The van der Waals surface area contributed by atoms with Crippen molar-refractivity contribution in [1.29, 1.82) is 0 Å². The molecule has 0 bridgehead atoms. The molecule has 0 aromatic heterocycles. The van der Waals surface area contributed by atoms with E-state index in [-0.39, 0.29) is 18.6 Å². The lowest BCUT2D eigenvalue weighted by Crippen LogP contribution is -2.35. The molecule has 1 rings (SSSR count). The van der Waals surface area contributed by atoms with Crippen LogP contribution in [0.3, 0.4) is 0 Å².